The van der Waals surface area contributed by atoms with Gasteiger partial charge in [0.15, 0.2) is 0 Å². The van der Waals surface area contributed by atoms with Gasteiger partial charge in [0.2, 0.25) is 0 Å². The van der Waals surface area contributed by atoms with Crippen LogP contribution in [0.25, 0.3) is 0 Å². The average molecular weight is 216 g/mol. The van der Waals surface area contributed by atoms with E-state index in [0.29, 0.717) is 5.92 Å². The molecular formula is C13H16N2O. The molecule has 3 rings (SSSR count). The van der Waals surface area contributed by atoms with Gasteiger partial charge in [0.25, 0.3) is 0 Å². The number of para-hydroxylation sites is 1. The predicted octanol–water partition coefficient (Wildman–Crippen LogP) is 1.76. The summed E-state index contributed by atoms with van der Waals surface area (Å²) < 4.78 is 0. The maximum absolute atomic E-state index is 10.6. The molecule has 0 aliphatic carbocycles. The molecule has 16 heavy (non-hydrogen) atoms. The molecule has 3 nitrogen and oxygen atoms in total. The molecule has 0 aromatic heterocycles. The molecule has 0 saturated carbocycles. The maximum Gasteiger partial charge on any atom is 0.146 e. The molecule has 0 unspecified atom stereocenters. The Morgan fingerprint density at radius 1 is 1.44 bits per heavy atom. The fourth-order valence-electron chi connectivity index (χ4n) is 2.65. The first-order valence-electron chi connectivity index (χ1n) is 5.75. The van der Waals surface area contributed by atoms with Gasteiger partial charge in [0.1, 0.15) is 11.4 Å². The highest BCUT2D eigenvalue weighted by Gasteiger charge is 2.45. The summed E-state index contributed by atoms with van der Waals surface area (Å²) in [4.78, 5) is 6.69. The van der Waals surface area contributed by atoms with Crippen LogP contribution < -0.4 is 4.90 Å². The predicted molar refractivity (Wildman–Crippen MR) is 64.8 cm³/mol. The third-order valence-corrected chi connectivity index (χ3v) is 3.46. The van der Waals surface area contributed by atoms with E-state index in [4.69, 9.17) is 0 Å². The molecule has 1 N–H and O–H groups in total. The number of aliphatic hydroxyl groups is 1. The van der Waals surface area contributed by atoms with Crippen LogP contribution in [0.5, 0.6) is 0 Å². The lowest BCUT2D eigenvalue weighted by atomic mass is 9.97. The number of benzene rings is 1. The van der Waals surface area contributed by atoms with E-state index in [0.717, 1.165) is 30.2 Å². The van der Waals surface area contributed by atoms with Crippen LogP contribution >= 0.6 is 0 Å². The van der Waals surface area contributed by atoms with Crippen molar-refractivity contribution in [3.05, 3.63) is 29.8 Å². The molecule has 0 bridgehead atoms. The standard InChI is InChI=1S/C13H16N2O/c1-9-7-14-12-13(2,16)10-5-3-4-6-11(10)15(12)8-9/h3-6,9,16H,7-8H2,1-2H3/t9-,13-/m0/s1. The molecule has 2 atom stereocenters. The smallest absolute Gasteiger partial charge is 0.146 e. The number of hydrogen-bond acceptors (Lipinski definition) is 3. The van der Waals surface area contributed by atoms with E-state index < -0.39 is 5.60 Å². The monoisotopic (exact) mass is 216 g/mol. The van der Waals surface area contributed by atoms with Gasteiger partial charge in [-0.25, -0.2) is 0 Å². The zero-order chi connectivity index (χ0) is 11.3. The summed E-state index contributed by atoms with van der Waals surface area (Å²) in [6.07, 6.45) is 0. The summed E-state index contributed by atoms with van der Waals surface area (Å²) in [5, 5.41) is 10.6. The summed E-state index contributed by atoms with van der Waals surface area (Å²) in [5.41, 5.74) is 1.16. The molecule has 0 spiro atoms. The Labute approximate surface area is 95.4 Å². The van der Waals surface area contributed by atoms with Crippen molar-refractivity contribution >= 4 is 11.5 Å². The number of fused-ring (bicyclic) bond motifs is 3. The van der Waals surface area contributed by atoms with E-state index in [-0.39, 0.29) is 0 Å². The molecule has 1 aromatic carbocycles. The van der Waals surface area contributed by atoms with Gasteiger partial charge in [-0.1, -0.05) is 25.1 Å². The lowest BCUT2D eigenvalue weighted by Gasteiger charge is -2.30. The van der Waals surface area contributed by atoms with E-state index in [2.05, 4.69) is 22.9 Å². The minimum atomic E-state index is -0.920. The number of rotatable bonds is 0. The van der Waals surface area contributed by atoms with Crippen LogP contribution in [0.2, 0.25) is 0 Å². The molecule has 0 saturated heterocycles. The second-order valence-electron chi connectivity index (χ2n) is 4.97. The molecule has 84 valence electrons. The zero-order valence-corrected chi connectivity index (χ0v) is 9.64. The van der Waals surface area contributed by atoms with Crippen molar-refractivity contribution in [2.75, 3.05) is 18.0 Å². The lowest BCUT2D eigenvalue weighted by molar-refractivity contribution is 0.135. The van der Waals surface area contributed by atoms with Crippen LogP contribution in [0.3, 0.4) is 0 Å². The Bertz CT molecular complexity index is 465. The molecule has 1 aromatic rings. The molecule has 2 aliphatic heterocycles. The van der Waals surface area contributed by atoms with Crippen LogP contribution in [-0.4, -0.2) is 24.0 Å². The maximum atomic E-state index is 10.6. The van der Waals surface area contributed by atoms with Crippen LogP contribution in [0, 0.1) is 5.92 Å². The second-order valence-corrected chi connectivity index (χ2v) is 4.97. The van der Waals surface area contributed by atoms with Gasteiger partial charge in [-0.15, -0.1) is 0 Å². The summed E-state index contributed by atoms with van der Waals surface area (Å²) in [6, 6.07) is 8.03. The highest BCUT2D eigenvalue weighted by Crippen LogP contribution is 2.42. The minimum Gasteiger partial charge on any atom is -0.377 e. The lowest BCUT2D eigenvalue weighted by Crippen LogP contribution is -2.44. The van der Waals surface area contributed by atoms with Crippen LogP contribution in [0.4, 0.5) is 5.69 Å². The van der Waals surface area contributed by atoms with E-state index in [1.54, 1.807) is 0 Å². The topological polar surface area (TPSA) is 35.8 Å². The number of aliphatic imine (C=N–C) groups is 1. The molecule has 0 radical (unpaired) electrons. The normalized spacial score (nSPS) is 32.1. The number of anilines is 1. The second kappa shape index (κ2) is 3.08. The van der Waals surface area contributed by atoms with Crippen LogP contribution in [-0.2, 0) is 5.60 Å². The zero-order valence-electron chi connectivity index (χ0n) is 9.64. The molecular weight excluding hydrogens is 200 g/mol. The summed E-state index contributed by atoms with van der Waals surface area (Å²) in [7, 11) is 0. The SMILES string of the molecule is C[C@H]1CN=C2N(C1)c1ccccc1[C@]2(C)O. The van der Waals surface area contributed by atoms with E-state index in [1.165, 1.54) is 0 Å². The summed E-state index contributed by atoms with van der Waals surface area (Å²) in [6.45, 7) is 5.79. The van der Waals surface area contributed by atoms with Gasteiger partial charge in [-0.05, 0) is 18.9 Å². The first kappa shape index (κ1) is 9.85. The molecule has 2 aliphatic rings. The minimum absolute atomic E-state index is 0.547. The molecule has 0 fully saturated rings. The van der Waals surface area contributed by atoms with Crippen molar-refractivity contribution in [2.45, 2.75) is 19.4 Å². The van der Waals surface area contributed by atoms with E-state index >= 15 is 0 Å². The third kappa shape index (κ3) is 1.15. The van der Waals surface area contributed by atoms with Crippen molar-refractivity contribution in [3.63, 3.8) is 0 Å². The highest BCUT2D eigenvalue weighted by molar-refractivity contribution is 6.10. The van der Waals surface area contributed by atoms with Crippen LogP contribution in [0.15, 0.2) is 29.3 Å². The number of hydrogen-bond donors (Lipinski definition) is 1. The number of amidine groups is 1. The summed E-state index contributed by atoms with van der Waals surface area (Å²) >= 11 is 0. The van der Waals surface area contributed by atoms with Crippen molar-refractivity contribution in [1.82, 2.24) is 0 Å². The Morgan fingerprint density at radius 2 is 2.19 bits per heavy atom. The van der Waals surface area contributed by atoms with Crippen molar-refractivity contribution in [2.24, 2.45) is 10.9 Å². The third-order valence-electron chi connectivity index (χ3n) is 3.46. The fourth-order valence-corrected chi connectivity index (χ4v) is 2.65. The van der Waals surface area contributed by atoms with Gasteiger partial charge in [-0.3, -0.25) is 4.99 Å². The first-order chi connectivity index (χ1) is 7.60. The average Bonchev–Trinajstić information content (AvgIpc) is 2.49. The fraction of sp³-hybridized carbons (Fsp3) is 0.462. The Balaban J connectivity index is 2.19. The molecule has 0 amide bonds. The Hall–Kier alpha value is -1.35. The van der Waals surface area contributed by atoms with Gasteiger partial charge in [0, 0.05) is 24.3 Å². The quantitative estimate of drug-likeness (QED) is 0.717. The van der Waals surface area contributed by atoms with Gasteiger partial charge in [0.05, 0.1) is 0 Å². The van der Waals surface area contributed by atoms with E-state index in [9.17, 15) is 5.11 Å². The van der Waals surface area contributed by atoms with Gasteiger partial charge >= 0.3 is 0 Å². The molecule has 3 heteroatoms. The van der Waals surface area contributed by atoms with Crippen molar-refractivity contribution in [3.8, 4) is 0 Å². The van der Waals surface area contributed by atoms with Gasteiger partial charge < -0.3 is 10.0 Å². The van der Waals surface area contributed by atoms with Crippen molar-refractivity contribution in [1.29, 1.82) is 0 Å². The van der Waals surface area contributed by atoms with Crippen molar-refractivity contribution < 1.29 is 5.11 Å². The van der Waals surface area contributed by atoms with E-state index in [1.807, 2.05) is 25.1 Å². The summed E-state index contributed by atoms with van der Waals surface area (Å²) in [5.74, 6) is 1.36. The highest BCUT2D eigenvalue weighted by atomic mass is 16.3. The van der Waals surface area contributed by atoms with Gasteiger partial charge in [-0.2, -0.15) is 0 Å². The molecule has 2 heterocycles. The number of nitrogens with zero attached hydrogens (tertiary/aromatic N) is 2. The largest absolute Gasteiger partial charge is 0.377 e. The Morgan fingerprint density at radius 3 is 3.00 bits per heavy atom. The Kier molecular flexibility index (Phi) is 1.89. The first-order valence-corrected chi connectivity index (χ1v) is 5.75. The van der Waals surface area contributed by atoms with Crippen LogP contribution in [0.1, 0.15) is 19.4 Å².